The monoisotopic (exact) mass is 344 g/mol. The summed E-state index contributed by atoms with van der Waals surface area (Å²) in [7, 11) is 1.80. The van der Waals surface area contributed by atoms with Gasteiger partial charge in [0, 0.05) is 44.6 Å². The quantitative estimate of drug-likeness (QED) is 0.915. The van der Waals surface area contributed by atoms with E-state index in [-0.39, 0.29) is 5.56 Å². The van der Waals surface area contributed by atoms with E-state index in [2.05, 4.69) is 29.0 Å². The molecule has 1 aliphatic heterocycles. The van der Waals surface area contributed by atoms with Crippen molar-refractivity contribution in [3.8, 4) is 0 Å². The standard InChI is InChI=1S/C20H32N4O/c1-20(2)16-9-5-4-8-15(16)17(20)22-14-7-6-11-24(13-14)18-19(25)23(3)12-10-21-18/h10,12,14-17,22H,4-9,11,13H2,1-3H3/t14-,15-,16+,17-/m1/s1. The number of nitrogens with zero attached hydrogens (tertiary/aromatic N) is 3. The lowest BCUT2D eigenvalue weighted by molar-refractivity contribution is -0.0922. The van der Waals surface area contributed by atoms with Crippen molar-refractivity contribution in [2.75, 3.05) is 18.0 Å². The van der Waals surface area contributed by atoms with E-state index < -0.39 is 0 Å². The number of nitrogens with one attached hydrogen (secondary N) is 1. The number of hydrogen-bond acceptors (Lipinski definition) is 4. The molecule has 2 aliphatic carbocycles. The summed E-state index contributed by atoms with van der Waals surface area (Å²) in [6.45, 7) is 6.74. The Hall–Kier alpha value is -1.36. The molecule has 0 amide bonds. The molecule has 0 spiro atoms. The van der Waals surface area contributed by atoms with Crippen molar-refractivity contribution in [3.05, 3.63) is 22.7 Å². The Morgan fingerprint density at radius 2 is 2.00 bits per heavy atom. The van der Waals surface area contributed by atoms with Gasteiger partial charge in [0.15, 0.2) is 5.82 Å². The predicted octanol–water partition coefficient (Wildman–Crippen LogP) is 2.55. The molecule has 138 valence electrons. The van der Waals surface area contributed by atoms with Gasteiger partial charge >= 0.3 is 0 Å². The maximum absolute atomic E-state index is 12.4. The first kappa shape index (κ1) is 17.1. The first-order chi connectivity index (χ1) is 12.0. The molecule has 2 heterocycles. The van der Waals surface area contributed by atoms with E-state index >= 15 is 0 Å². The van der Waals surface area contributed by atoms with Gasteiger partial charge in [-0.3, -0.25) is 4.79 Å². The van der Waals surface area contributed by atoms with Crippen molar-refractivity contribution in [3.63, 3.8) is 0 Å². The highest BCUT2D eigenvalue weighted by molar-refractivity contribution is 5.36. The van der Waals surface area contributed by atoms with E-state index in [0.717, 1.165) is 31.3 Å². The van der Waals surface area contributed by atoms with Gasteiger partial charge in [0.05, 0.1) is 0 Å². The smallest absolute Gasteiger partial charge is 0.293 e. The van der Waals surface area contributed by atoms with Gasteiger partial charge < -0.3 is 14.8 Å². The Kier molecular flexibility index (Phi) is 4.38. The molecule has 3 aliphatic rings. The van der Waals surface area contributed by atoms with Gasteiger partial charge in [-0.2, -0.15) is 0 Å². The van der Waals surface area contributed by atoms with Crippen LogP contribution in [-0.4, -0.2) is 34.7 Å². The van der Waals surface area contributed by atoms with E-state index in [4.69, 9.17) is 0 Å². The lowest BCUT2D eigenvalue weighted by Gasteiger charge is -2.62. The Morgan fingerprint density at radius 1 is 1.20 bits per heavy atom. The molecule has 0 bridgehead atoms. The maximum atomic E-state index is 12.4. The fourth-order valence-corrected chi connectivity index (χ4v) is 5.75. The molecule has 4 atom stereocenters. The van der Waals surface area contributed by atoms with Crippen LogP contribution in [0.3, 0.4) is 0 Å². The van der Waals surface area contributed by atoms with Crippen LogP contribution in [0.4, 0.5) is 5.82 Å². The number of rotatable bonds is 3. The van der Waals surface area contributed by atoms with Crippen LogP contribution in [0.25, 0.3) is 0 Å². The van der Waals surface area contributed by atoms with E-state index in [1.807, 2.05) is 0 Å². The van der Waals surface area contributed by atoms with Crippen LogP contribution in [0.5, 0.6) is 0 Å². The highest BCUT2D eigenvalue weighted by Crippen LogP contribution is 2.57. The average Bonchev–Trinajstić information content (AvgIpc) is 2.62. The third kappa shape index (κ3) is 2.90. The van der Waals surface area contributed by atoms with Gasteiger partial charge in [-0.15, -0.1) is 0 Å². The Labute approximate surface area is 150 Å². The topological polar surface area (TPSA) is 50.2 Å². The van der Waals surface area contributed by atoms with Crippen LogP contribution in [0, 0.1) is 17.3 Å². The van der Waals surface area contributed by atoms with Crippen LogP contribution in [-0.2, 0) is 7.05 Å². The molecule has 4 rings (SSSR count). The zero-order valence-electron chi connectivity index (χ0n) is 15.9. The van der Waals surface area contributed by atoms with Gasteiger partial charge in [0.1, 0.15) is 0 Å². The van der Waals surface area contributed by atoms with Gasteiger partial charge in [-0.05, 0) is 42.9 Å². The Balaban J connectivity index is 1.45. The summed E-state index contributed by atoms with van der Waals surface area (Å²) in [5.41, 5.74) is 0.425. The highest BCUT2D eigenvalue weighted by Gasteiger charge is 2.56. The molecule has 0 aromatic carbocycles. The first-order valence-electron chi connectivity index (χ1n) is 10.0. The third-order valence-electron chi connectivity index (χ3n) is 7.14. The molecule has 1 saturated heterocycles. The van der Waals surface area contributed by atoms with E-state index in [9.17, 15) is 4.79 Å². The van der Waals surface area contributed by atoms with Gasteiger partial charge in [-0.25, -0.2) is 4.98 Å². The average molecular weight is 345 g/mol. The minimum absolute atomic E-state index is 0.0134. The molecule has 3 fully saturated rings. The number of anilines is 1. The van der Waals surface area contributed by atoms with Crippen LogP contribution < -0.4 is 15.8 Å². The molecule has 1 N–H and O–H groups in total. The lowest BCUT2D eigenvalue weighted by atomic mass is 9.47. The second-order valence-electron chi connectivity index (χ2n) is 8.97. The van der Waals surface area contributed by atoms with Crippen LogP contribution in [0.1, 0.15) is 52.4 Å². The van der Waals surface area contributed by atoms with Crippen molar-refractivity contribution in [2.24, 2.45) is 24.3 Å². The Bertz CT molecular complexity index is 683. The van der Waals surface area contributed by atoms with Gasteiger partial charge in [0.25, 0.3) is 5.56 Å². The summed E-state index contributed by atoms with van der Waals surface area (Å²) in [5.74, 6) is 2.38. The maximum Gasteiger partial charge on any atom is 0.293 e. The molecule has 5 nitrogen and oxygen atoms in total. The molecular formula is C20H32N4O. The fraction of sp³-hybridized carbons (Fsp3) is 0.800. The second-order valence-corrected chi connectivity index (χ2v) is 8.97. The second kappa shape index (κ2) is 6.42. The summed E-state index contributed by atoms with van der Waals surface area (Å²) < 4.78 is 1.63. The summed E-state index contributed by atoms with van der Waals surface area (Å²) in [6.07, 6.45) is 11.4. The van der Waals surface area contributed by atoms with Crippen LogP contribution >= 0.6 is 0 Å². The van der Waals surface area contributed by atoms with Crippen LogP contribution in [0.15, 0.2) is 17.2 Å². The molecule has 2 saturated carbocycles. The van der Waals surface area contributed by atoms with Crippen molar-refractivity contribution in [1.82, 2.24) is 14.9 Å². The van der Waals surface area contributed by atoms with E-state index in [1.165, 1.54) is 32.1 Å². The zero-order valence-corrected chi connectivity index (χ0v) is 15.9. The summed E-state index contributed by atoms with van der Waals surface area (Å²) in [4.78, 5) is 19.0. The number of aromatic nitrogens is 2. The summed E-state index contributed by atoms with van der Waals surface area (Å²) in [5, 5.41) is 4.00. The Morgan fingerprint density at radius 3 is 2.84 bits per heavy atom. The number of aryl methyl sites for hydroxylation is 1. The number of fused-ring (bicyclic) bond motifs is 1. The summed E-state index contributed by atoms with van der Waals surface area (Å²) >= 11 is 0. The molecule has 1 aromatic rings. The number of hydrogen-bond donors (Lipinski definition) is 1. The van der Waals surface area contributed by atoms with Gasteiger partial charge in [0.2, 0.25) is 0 Å². The molecule has 1 aromatic heterocycles. The zero-order chi connectivity index (χ0) is 17.6. The van der Waals surface area contributed by atoms with E-state index in [1.54, 1.807) is 24.0 Å². The normalized spacial score (nSPS) is 34.3. The molecule has 0 unspecified atom stereocenters. The third-order valence-corrected chi connectivity index (χ3v) is 7.14. The van der Waals surface area contributed by atoms with Crippen molar-refractivity contribution in [1.29, 1.82) is 0 Å². The molecule has 5 heteroatoms. The van der Waals surface area contributed by atoms with Crippen LogP contribution in [0.2, 0.25) is 0 Å². The predicted molar refractivity (Wildman–Crippen MR) is 101 cm³/mol. The van der Waals surface area contributed by atoms with E-state index in [0.29, 0.717) is 23.3 Å². The summed E-state index contributed by atoms with van der Waals surface area (Å²) in [6, 6.07) is 1.10. The molecule has 25 heavy (non-hydrogen) atoms. The van der Waals surface area contributed by atoms with Crippen molar-refractivity contribution >= 4 is 5.82 Å². The molecule has 0 radical (unpaired) electrons. The number of piperidine rings is 1. The largest absolute Gasteiger partial charge is 0.350 e. The minimum atomic E-state index is 0.0134. The highest BCUT2D eigenvalue weighted by atomic mass is 16.1. The SMILES string of the molecule is Cn1ccnc(N2CCC[C@@H](N[C@@H]3[C@@H]4CCCC[C@@H]4C3(C)C)C2)c1=O. The lowest BCUT2D eigenvalue weighted by Crippen LogP contribution is -2.67. The fourth-order valence-electron chi connectivity index (χ4n) is 5.75. The first-order valence-corrected chi connectivity index (χ1v) is 10.0. The van der Waals surface area contributed by atoms with Crippen molar-refractivity contribution in [2.45, 2.75) is 64.5 Å². The van der Waals surface area contributed by atoms with Gasteiger partial charge in [-0.1, -0.05) is 26.7 Å². The minimum Gasteiger partial charge on any atom is -0.350 e. The molecular weight excluding hydrogens is 312 g/mol. The van der Waals surface area contributed by atoms with Crippen molar-refractivity contribution < 1.29 is 0 Å².